The molecule has 6 heteroatoms. The Morgan fingerprint density at radius 1 is 1.41 bits per heavy atom. The molecule has 0 bridgehead atoms. The maximum atomic E-state index is 12.9. The zero-order valence-corrected chi connectivity index (χ0v) is 14.6. The van der Waals surface area contributed by atoms with Crippen LogP contribution in [0.4, 0.5) is 4.39 Å². The smallest absolute Gasteiger partial charge is 0.224 e. The van der Waals surface area contributed by atoms with E-state index in [4.69, 9.17) is 4.74 Å². The maximum Gasteiger partial charge on any atom is 0.224 e. The highest BCUT2D eigenvalue weighted by Crippen LogP contribution is 2.27. The average molecular weight is 324 g/mol. The van der Waals surface area contributed by atoms with Crippen molar-refractivity contribution in [2.24, 2.45) is 0 Å². The largest absolute Gasteiger partial charge is 0.361 e. The van der Waals surface area contributed by atoms with Gasteiger partial charge in [-0.05, 0) is 24.1 Å². The fourth-order valence-corrected chi connectivity index (χ4v) is 3.25. The number of carbonyl (C=O) groups is 1. The van der Waals surface area contributed by atoms with Crippen LogP contribution in [0.5, 0.6) is 0 Å². The highest BCUT2D eigenvalue weighted by Gasteiger charge is 2.27. The summed E-state index contributed by atoms with van der Waals surface area (Å²) in [6, 6.07) is 4.23. The first kappa shape index (κ1) is 17.1. The van der Waals surface area contributed by atoms with Crippen molar-refractivity contribution in [3.63, 3.8) is 0 Å². The molecule has 2 rings (SSSR count). The molecule has 1 aromatic heterocycles. The molecule has 0 radical (unpaired) electrons. The molecule has 1 aromatic rings. The van der Waals surface area contributed by atoms with Gasteiger partial charge in [-0.1, -0.05) is 25.7 Å². The van der Waals surface area contributed by atoms with Gasteiger partial charge in [-0.15, -0.1) is 0 Å². The highest BCUT2D eigenvalue weighted by molar-refractivity contribution is 6.76. The van der Waals surface area contributed by atoms with E-state index in [-0.39, 0.29) is 11.8 Å². The summed E-state index contributed by atoms with van der Waals surface area (Å²) in [5.74, 6) is -0.118. The van der Waals surface area contributed by atoms with Crippen LogP contribution in [0.2, 0.25) is 25.7 Å². The summed E-state index contributed by atoms with van der Waals surface area (Å²) in [4.78, 5) is 17.5. The predicted molar refractivity (Wildman–Crippen MR) is 86.9 cm³/mol. The summed E-state index contributed by atoms with van der Waals surface area (Å²) in [5.41, 5.74) is 0.987. The molecular weight excluding hydrogens is 299 g/mol. The second kappa shape index (κ2) is 7.33. The zero-order chi connectivity index (χ0) is 16.2. The summed E-state index contributed by atoms with van der Waals surface area (Å²) >= 11 is 0. The Kier molecular flexibility index (Phi) is 5.69. The van der Waals surface area contributed by atoms with E-state index in [1.165, 1.54) is 6.07 Å². The number of ether oxygens (including phenoxy) is 1. The topological polar surface area (TPSA) is 42.4 Å². The molecule has 1 aliphatic rings. The number of rotatable bonds is 6. The number of hydrogen-bond donors (Lipinski definition) is 0. The van der Waals surface area contributed by atoms with Gasteiger partial charge in [0.2, 0.25) is 11.9 Å². The first-order valence-electron chi connectivity index (χ1n) is 7.82. The van der Waals surface area contributed by atoms with E-state index >= 15 is 0 Å². The van der Waals surface area contributed by atoms with Gasteiger partial charge >= 0.3 is 0 Å². The Morgan fingerprint density at radius 3 is 2.82 bits per heavy atom. The first-order chi connectivity index (χ1) is 10.3. The molecule has 2 heterocycles. The molecule has 1 atom stereocenters. The van der Waals surface area contributed by atoms with Crippen LogP contribution in [0.15, 0.2) is 18.3 Å². The minimum absolute atomic E-state index is 0.138. The average Bonchev–Trinajstić information content (AvgIpc) is 2.45. The van der Waals surface area contributed by atoms with Crippen molar-refractivity contribution in [3.05, 3.63) is 29.8 Å². The molecule has 1 saturated heterocycles. The third-order valence-electron chi connectivity index (χ3n) is 3.97. The first-order valence-corrected chi connectivity index (χ1v) is 11.5. The van der Waals surface area contributed by atoms with E-state index in [1.807, 2.05) is 0 Å². The summed E-state index contributed by atoms with van der Waals surface area (Å²) in [5, 5.41) is 0. The van der Waals surface area contributed by atoms with Gasteiger partial charge in [0.1, 0.15) is 6.73 Å². The van der Waals surface area contributed by atoms with E-state index in [0.717, 1.165) is 18.0 Å². The van der Waals surface area contributed by atoms with Crippen LogP contribution in [-0.4, -0.2) is 43.7 Å². The number of halogens is 1. The molecule has 0 N–H and O–H groups in total. The standard InChI is InChI=1S/C16H25FN2O2Si/c1-22(2,3)9-8-21-12-19-11-14(5-7-16(19)20)13-4-6-15(17)18-10-13/h4,6,10,14H,5,7-9,11-12H2,1-3H3/t14-/m0/s1. The van der Waals surface area contributed by atoms with Gasteiger partial charge < -0.3 is 9.64 Å². The SMILES string of the molecule is C[Si](C)(C)CCOCN1C[C@@H](c2ccc(F)nc2)CCC1=O. The van der Waals surface area contributed by atoms with Gasteiger partial charge in [0, 0.05) is 39.8 Å². The van der Waals surface area contributed by atoms with Crippen LogP contribution in [-0.2, 0) is 9.53 Å². The summed E-state index contributed by atoms with van der Waals surface area (Å²) in [7, 11) is -1.10. The summed E-state index contributed by atoms with van der Waals surface area (Å²) in [6.07, 6.45) is 2.87. The molecular formula is C16H25FN2O2Si. The molecule has 1 fully saturated rings. The monoisotopic (exact) mass is 324 g/mol. The lowest BCUT2D eigenvalue weighted by molar-refractivity contribution is -0.139. The van der Waals surface area contributed by atoms with E-state index < -0.39 is 14.0 Å². The van der Waals surface area contributed by atoms with E-state index in [9.17, 15) is 9.18 Å². The normalized spacial score (nSPS) is 19.5. The van der Waals surface area contributed by atoms with Gasteiger partial charge in [-0.25, -0.2) is 4.98 Å². The van der Waals surface area contributed by atoms with Gasteiger partial charge in [-0.2, -0.15) is 4.39 Å². The fraction of sp³-hybridized carbons (Fsp3) is 0.625. The Hall–Kier alpha value is -1.27. The zero-order valence-electron chi connectivity index (χ0n) is 13.6. The quantitative estimate of drug-likeness (QED) is 0.458. The lowest BCUT2D eigenvalue weighted by Gasteiger charge is -2.32. The third kappa shape index (κ3) is 5.17. The molecule has 0 saturated carbocycles. The molecule has 0 unspecified atom stereocenters. The van der Waals surface area contributed by atoms with Crippen LogP contribution >= 0.6 is 0 Å². The number of carbonyl (C=O) groups excluding carboxylic acids is 1. The number of pyridine rings is 1. The van der Waals surface area contributed by atoms with Crippen LogP contribution in [0, 0.1) is 5.95 Å². The lowest BCUT2D eigenvalue weighted by atomic mass is 9.91. The van der Waals surface area contributed by atoms with Gasteiger partial charge in [0.25, 0.3) is 0 Å². The van der Waals surface area contributed by atoms with Crippen molar-refractivity contribution in [1.82, 2.24) is 9.88 Å². The van der Waals surface area contributed by atoms with Crippen molar-refractivity contribution in [3.8, 4) is 0 Å². The molecule has 1 aliphatic heterocycles. The second-order valence-corrected chi connectivity index (χ2v) is 12.7. The van der Waals surface area contributed by atoms with E-state index in [1.54, 1.807) is 17.2 Å². The summed E-state index contributed by atoms with van der Waals surface area (Å²) in [6.45, 7) is 8.61. The second-order valence-electron chi connectivity index (χ2n) is 7.11. The van der Waals surface area contributed by atoms with Crippen molar-refractivity contribution < 1.29 is 13.9 Å². The fourth-order valence-electron chi connectivity index (χ4n) is 2.49. The van der Waals surface area contributed by atoms with Crippen molar-refractivity contribution in [1.29, 1.82) is 0 Å². The lowest BCUT2D eigenvalue weighted by Crippen LogP contribution is -2.40. The number of aromatic nitrogens is 1. The van der Waals surface area contributed by atoms with E-state index in [2.05, 4.69) is 24.6 Å². The maximum absolute atomic E-state index is 12.9. The number of amides is 1. The molecule has 0 aromatic carbocycles. The third-order valence-corrected chi connectivity index (χ3v) is 5.67. The molecule has 122 valence electrons. The predicted octanol–water partition coefficient (Wildman–Crippen LogP) is 3.24. The van der Waals surface area contributed by atoms with Gasteiger partial charge in [-0.3, -0.25) is 4.79 Å². The Labute approximate surface area is 132 Å². The minimum Gasteiger partial charge on any atom is -0.361 e. The van der Waals surface area contributed by atoms with Crippen LogP contribution in [0.3, 0.4) is 0 Å². The molecule has 1 amide bonds. The van der Waals surface area contributed by atoms with Gasteiger partial charge in [0.15, 0.2) is 0 Å². The number of likely N-dealkylation sites (tertiary alicyclic amines) is 1. The Bertz CT molecular complexity index is 502. The van der Waals surface area contributed by atoms with Crippen molar-refractivity contribution in [2.75, 3.05) is 19.9 Å². The summed E-state index contributed by atoms with van der Waals surface area (Å²) < 4.78 is 18.6. The molecule has 4 nitrogen and oxygen atoms in total. The molecule has 22 heavy (non-hydrogen) atoms. The van der Waals surface area contributed by atoms with Gasteiger partial charge in [0.05, 0.1) is 0 Å². The molecule has 0 aliphatic carbocycles. The van der Waals surface area contributed by atoms with E-state index in [0.29, 0.717) is 26.3 Å². The number of hydrogen-bond acceptors (Lipinski definition) is 3. The van der Waals surface area contributed by atoms with Crippen LogP contribution in [0.1, 0.15) is 24.3 Å². The minimum atomic E-state index is -1.10. The molecule has 0 spiro atoms. The van der Waals surface area contributed by atoms with Crippen molar-refractivity contribution >= 4 is 14.0 Å². The van der Waals surface area contributed by atoms with Crippen LogP contribution in [0.25, 0.3) is 0 Å². The van der Waals surface area contributed by atoms with Crippen molar-refractivity contribution in [2.45, 2.75) is 44.4 Å². The highest BCUT2D eigenvalue weighted by atomic mass is 28.3. The Morgan fingerprint density at radius 2 is 2.18 bits per heavy atom. The Balaban J connectivity index is 1.85. The van der Waals surface area contributed by atoms with Crippen LogP contribution < -0.4 is 0 Å². The number of piperidine rings is 1. The number of nitrogens with zero attached hydrogens (tertiary/aromatic N) is 2.